The molecular formula is C11H16ClN5O7S2. The molecule has 0 saturated heterocycles. The van der Waals surface area contributed by atoms with Gasteiger partial charge in [-0.1, -0.05) is 11.6 Å². The third kappa shape index (κ3) is 4.93. The molecule has 4 N–H and O–H groups in total. The van der Waals surface area contributed by atoms with Crippen molar-refractivity contribution in [1.82, 2.24) is 9.62 Å². The van der Waals surface area contributed by atoms with Crippen molar-refractivity contribution < 1.29 is 26.8 Å². The lowest BCUT2D eigenvalue weighted by Crippen LogP contribution is -2.50. The Balaban J connectivity index is 2.20. The fourth-order valence-corrected chi connectivity index (χ4v) is 4.80. The summed E-state index contributed by atoms with van der Waals surface area (Å²) in [6.45, 7) is 0.149. The molecule has 1 atom stereocenters. The average molecular weight is 430 g/mol. The lowest BCUT2D eigenvalue weighted by Gasteiger charge is -2.31. The number of fused-ring (bicyclic) bond motifs is 1. The molecule has 0 spiro atoms. The molecule has 26 heavy (non-hydrogen) atoms. The fraction of sp³-hybridized carbons (Fsp3) is 0.455. The van der Waals surface area contributed by atoms with Gasteiger partial charge in [0.1, 0.15) is 22.6 Å². The predicted molar refractivity (Wildman–Crippen MR) is 91.0 cm³/mol. The topological polar surface area (TPSA) is 174 Å². The molecule has 0 aliphatic carbocycles. The summed E-state index contributed by atoms with van der Waals surface area (Å²) in [5.74, 6) is 0. The van der Waals surface area contributed by atoms with Crippen LogP contribution in [-0.2, 0) is 24.9 Å². The first-order valence-corrected chi connectivity index (χ1v) is 10.4. The summed E-state index contributed by atoms with van der Waals surface area (Å²) in [6, 6.07) is 2.05. The van der Waals surface area contributed by atoms with Crippen molar-refractivity contribution in [2.75, 3.05) is 32.1 Å². The first kappa shape index (κ1) is 20.6. The highest BCUT2D eigenvalue weighted by Gasteiger charge is 2.32. The van der Waals surface area contributed by atoms with E-state index in [1.165, 1.54) is 0 Å². The number of nitrogens with two attached hydrogens (primary N) is 1. The van der Waals surface area contributed by atoms with E-state index in [9.17, 15) is 26.9 Å². The third-order valence-corrected chi connectivity index (χ3v) is 6.31. The van der Waals surface area contributed by atoms with E-state index in [4.69, 9.17) is 16.7 Å². The first-order chi connectivity index (χ1) is 11.9. The van der Waals surface area contributed by atoms with E-state index in [1.54, 1.807) is 11.9 Å². The number of benzene rings is 1. The van der Waals surface area contributed by atoms with Gasteiger partial charge in [0.15, 0.2) is 0 Å². The zero-order chi connectivity index (χ0) is 19.7. The lowest BCUT2D eigenvalue weighted by atomic mass is 10.3. The van der Waals surface area contributed by atoms with Crippen molar-refractivity contribution in [3.8, 4) is 0 Å². The molecule has 0 aromatic heterocycles. The number of sulfonamides is 2. The van der Waals surface area contributed by atoms with Crippen LogP contribution in [0.4, 0.5) is 5.69 Å². The Morgan fingerprint density at radius 1 is 1.46 bits per heavy atom. The van der Waals surface area contributed by atoms with Crippen LogP contribution in [0.25, 0.3) is 0 Å². The zero-order valence-electron chi connectivity index (χ0n) is 13.4. The van der Waals surface area contributed by atoms with Crippen molar-refractivity contribution in [2.24, 2.45) is 5.14 Å². The SMILES string of the molecule is CN(CCO[N+](=O)[O-])CC1Nc2cc(Cl)c(S(N)(=O)=O)cc2S(=O)(=O)N1. The Morgan fingerprint density at radius 2 is 2.12 bits per heavy atom. The van der Waals surface area contributed by atoms with Crippen LogP contribution in [0.1, 0.15) is 0 Å². The van der Waals surface area contributed by atoms with Gasteiger partial charge in [0.25, 0.3) is 5.09 Å². The van der Waals surface area contributed by atoms with Gasteiger partial charge >= 0.3 is 0 Å². The van der Waals surface area contributed by atoms with Crippen molar-refractivity contribution in [2.45, 2.75) is 16.0 Å². The highest BCUT2D eigenvalue weighted by Crippen LogP contribution is 2.33. The van der Waals surface area contributed by atoms with Crippen molar-refractivity contribution in [1.29, 1.82) is 0 Å². The minimum absolute atomic E-state index is 0.112. The number of nitrogens with zero attached hydrogens (tertiary/aromatic N) is 2. The van der Waals surface area contributed by atoms with Gasteiger partial charge in [-0.3, -0.25) is 0 Å². The third-order valence-electron chi connectivity index (χ3n) is 3.42. The standard InChI is InChI=1S/C11H16ClN5O7S2/c1-16(2-3-24-17(18)19)6-11-14-8-4-7(12)9(25(13,20)21)5-10(8)26(22,23)15-11/h4-5,11,14-15H,2-3,6H2,1H3,(H2,13,20,21). The van der Waals surface area contributed by atoms with Crippen LogP contribution in [0.3, 0.4) is 0 Å². The Morgan fingerprint density at radius 3 is 2.69 bits per heavy atom. The number of nitrogens with one attached hydrogen (secondary N) is 2. The number of hydrogen-bond acceptors (Lipinski definition) is 9. The highest BCUT2D eigenvalue weighted by molar-refractivity contribution is 7.90. The van der Waals surface area contributed by atoms with Gasteiger partial charge < -0.3 is 15.1 Å². The Labute approximate surface area is 154 Å². The van der Waals surface area contributed by atoms with E-state index >= 15 is 0 Å². The summed E-state index contributed by atoms with van der Waals surface area (Å²) in [6.07, 6.45) is -0.774. The molecule has 0 saturated carbocycles. The highest BCUT2D eigenvalue weighted by atomic mass is 35.5. The largest absolute Gasteiger partial charge is 0.367 e. The lowest BCUT2D eigenvalue weighted by molar-refractivity contribution is -0.757. The molecule has 12 nitrogen and oxygen atoms in total. The number of anilines is 1. The molecule has 1 heterocycles. The van der Waals surface area contributed by atoms with Gasteiger partial charge in [0.2, 0.25) is 20.0 Å². The van der Waals surface area contributed by atoms with Gasteiger partial charge in [0, 0.05) is 13.1 Å². The Kier molecular flexibility index (Phi) is 5.94. The maximum Gasteiger partial charge on any atom is 0.294 e. The van der Waals surface area contributed by atoms with Crippen LogP contribution < -0.4 is 15.2 Å². The van der Waals surface area contributed by atoms with Crippen LogP contribution in [0, 0.1) is 10.1 Å². The predicted octanol–water partition coefficient (Wildman–Crippen LogP) is -0.843. The molecule has 1 unspecified atom stereocenters. The number of hydrogen-bond donors (Lipinski definition) is 3. The Hall–Kier alpha value is -1.71. The number of likely N-dealkylation sites (N-methyl/N-ethyl adjacent to an activating group) is 1. The van der Waals surface area contributed by atoms with E-state index in [0.29, 0.717) is 0 Å². The van der Waals surface area contributed by atoms with Crippen molar-refractivity contribution in [3.63, 3.8) is 0 Å². The molecule has 1 aromatic rings. The number of primary sulfonamides is 1. The molecule has 0 radical (unpaired) electrons. The van der Waals surface area contributed by atoms with E-state index < -0.39 is 36.2 Å². The van der Waals surface area contributed by atoms with Crippen LogP contribution in [0.5, 0.6) is 0 Å². The molecule has 15 heteroatoms. The number of halogens is 1. The molecule has 0 amide bonds. The zero-order valence-corrected chi connectivity index (χ0v) is 15.8. The first-order valence-electron chi connectivity index (χ1n) is 7.01. The smallest absolute Gasteiger partial charge is 0.294 e. The van der Waals surface area contributed by atoms with Crippen LogP contribution in [0.15, 0.2) is 21.9 Å². The van der Waals surface area contributed by atoms with E-state index in [1.807, 2.05) is 0 Å². The molecule has 1 aliphatic heterocycles. The molecule has 146 valence electrons. The van der Waals surface area contributed by atoms with Gasteiger partial charge in [-0.25, -0.2) is 22.0 Å². The summed E-state index contributed by atoms with van der Waals surface area (Å²) in [4.78, 5) is 15.1. The van der Waals surface area contributed by atoms with Crippen molar-refractivity contribution >= 4 is 37.3 Å². The quantitative estimate of drug-likeness (QED) is 0.368. The normalized spacial score (nSPS) is 18.8. The maximum absolute atomic E-state index is 12.4. The summed E-state index contributed by atoms with van der Waals surface area (Å²) in [5, 5.41) is 16.9. The van der Waals surface area contributed by atoms with Gasteiger partial charge in [-0.15, -0.1) is 10.1 Å². The maximum atomic E-state index is 12.4. The van der Waals surface area contributed by atoms with Crippen LogP contribution in [-0.4, -0.2) is 59.7 Å². The van der Waals surface area contributed by atoms with Gasteiger partial charge in [-0.2, -0.15) is 4.72 Å². The van der Waals surface area contributed by atoms with E-state index in [0.717, 1.165) is 12.1 Å². The second-order valence-electron chi connectivity index (χ2n) is 5.46. The Bertz CT molecular complexity index is 921. The summed E-state index contributed by atoms with van der Waals surface area (Å²) < 4.78 is 50.1. The van der Waals surface area contributed by atoms with Gasteiger partial charge in [0.05, 0.1) is 10.7 Å². The monoisotopic (exact) mass is 429 g/mol. The molecule has 0 fully saturated rings. The van der Waals surface area contributed by atoms with Crippen molar-refractivity contribution in [3.05, 3.63) is 27.3 Å². The second-order valence-corrected chi connectivity index (χ2v) is 9.08. The van der Waals surface area contributed by atoms with E-state index in [-0.39, 0.29) is 35.3 Å². The summed E-state index contributed by atoms with van der Waals surface area (Å²) in [5.41, 5.74) is 0.112. The minimum Gasteiger partial charge on any atom is -0.367 e. The van der Waals surface area contributed by atoms with Gasteiger partial charge in [-0.05, 0) is 19.2 Å². The molecule has 2 rings (SSSR count). The van der Waals surface area contributed by atoms with Crippen LogP contribution in [0.2, 0.25) is 5.02 Å². The van der Waals surface area contributed by atoms with Crippen LogP contribution >= 0.6 is 11.6 Å². The number of rotatable bonds is 7. The fourth-order valence-electron chi connectivity index (χ4n) is 2.31. The molecule has 1 aromatic carbocycles. The van der Waals surface area contributed by atoms with E-state index in [2.05, 4.69) is 14.9 Å². The average Bonchev–Trinajstić information content (AvgIpc) is 2.43. The molecule has 0 bridgehead atoms. The molecule has 1 aliphatic rings. The minimum atomic E-state index is -4.20. The summed E-state index contributed by atoms with van der Waals surface area (Å²) in [7, 11) is -6.61. The molecular weight excluding hydrogens is 414 g/mol. The summed E-state index contributed by atoms with van der Waals surface area (Å²) >= 11 is 5.89. The second kappa shape index (κ2) is 7.50.